The highest BCUT2D eigenvalue weighted by Gasteiger charge is 2.38. The molecule has 0 bridgehead atoms. The molecule has 134 valence electrons. The zero-order valence-corrected chi connectivity index (χ0v) is 14.3. The number of amides is 3. The molecule has 3 rings (SSSR count). The summed E-state index contributed by atoms with van der Waals surface area (Å²) in [5.74, 6) is 0.526. The summed E-state index contributed by atoms with van der Waals surface area (Å²) >= 11 is 0. The number of carbonyl (C=O) groups is 3. The van der Waals surface area contributed by atoms with Gasteiger partial charge in [0.05, 0.1) is 6.54 Å². The number of rotatable bonds is 7. The molecule has 1 aliphatic carbocycles. The number of anilines is 1. The van der Waals surface area contributed by atoms with Gasteiger partial charge in [0.1, 0.15) is 6.61 Å². The first kappa shape index (κ1) is 17.3. The molecule has 1 saturated heterocycles. The van der Waals surface area contributed by atoms with Crippen LogP contribution in [0.1, 0.15) is 25.3 Å². The van der Waals surface area contributed by atoms with Crippen molar-refractivity contribution in [1.82, 2.24) is 10.6 Å². The van der Waals surface area contributed by atoms with Gasteiger partial charge in [0.2, 0.25) is 11.8 Å². The molecule has 1 aromatic rings. The molecule has 0 aromatic heterocycles. The number of cyclic esters (lactones) is 1. The van der Waals surface area contributed by atoms with Crippen LogP contribution in [-0.2, 0) is 20.9 Å². The summed E-state index contributed by atoms with van der Waals surface area (Å²) in [7, 11) is 0. The number of nitrogens with zero attached hydrogens (tertiary/aromatic N) is 1. The van der Waals surface area contributed by atoms with Crippen molar-refractivity contribution in [2.45, 2.75) is 26.3 Å². The molecule has 7 nitrogen and oxygen atoms in total. The third-order valence-electron chi connectivity index (χ3n) is 4.57. The summed E-state index contributed by atoms with van der Waals surface area (Å²) in [6, 6.07) is 7.44. The fraction of sp³-hybridized carbons (Fsp3) is 0.500. The molecule has 2 atom stereocenters. The van der Waals surface area contributed by atoms with Gasteiger partial charge in [-0.3, -0.25) is 14.5 Å². The van der Waals surface area contributed by atoms with Crippen LogP contribution in [-0.4, -0.2) is 37.6 Å². The average molecular weight is 345 g/mol. The standard InChI is InChI=1S/C18H23N3O4/c1-12-9-15(12)17(23)19-6-5-16(22)20-11-13-3-2-4-14(10-13)21-7-8-25-18(21)24/h2-4,10,12,15H,5-9,11H2,1H3,(H,19,23)(H,20,22)/t12-,15+/m0/s1. The van der Waals surface area contributed by atoms with Crippen molar-refractivity contribution in [1.29, 1.82) is 0 Å². The zero-order valence-electron chi connectivity index (χ0n) is 14.3. The molecule has 0 spiro atoms. The minimum Gasteiger partial charge on any atom is -0.447 e. The summed E-state index contributed by atoms with van der Waals surface area (Å²) in [5, 5.41) is 5.63. The van der Waals surface area contributed by atoms with E-state index in [0.29, 0.717) is 32.2 Å². The van der Waals surface area contributed by atoms with Gasteiger partial charge in [-0.2, -0.15) is 0 Å². The Morgan fingerprint density at radius 1 is 1.32 bits per heavy atom. The van der Waals surface area contributed by atoms with Gasteiger partial charge >= 0.3 is 6.09 Å². The van der Waals surface area contributed by atoms with Crippen molar-refractivity contribution in [3.63, 3.8) is 0 Å². The molecule has 2 N–H and O–H groups in total. The van der Waals surface area contributed by atoms with Crippen molar-refractivity contribution in [2.75, 3.05) is 24.6 Å². The lowest BCUT2D eigenvalue weighted by atomic mass is 10.2. The number of nitrogens with one attached hydrogen (secondary N) is 2. The predicted molar refractivity (Wildman–Crippen MR) is 91.9 cm³/mol. The molecule has 0 unspecified atom stereocenters. The van der Waals surface area contributed by atoms with Crippen molar-refractivity contribution in [3.8, 4) is 0 Å². The van der Waals surface area contributed by atoms with E-state index in [1.165, 1.54) is 0 Å². The SMILES string of the molecule is C[C@H]1C[C@H]1C(=O)NCCC(=O)NCc1cccc(N2CCOC2=O)c1. The second-order valence-corrected chi connectivity index (χ2v) is 6.57. The number of hydrogen-bond donors (Lipinski definition) is 2. The lowest BCUT2D eigenvalue weighted by Gasteiger charge is -2.14. The van der Waals surface area contributed by atoms with E-state index in [9.17, 15) is 14.4 Å². The van der Waals surface area contributed by atoms with Crippen LogP contribution in [0.2, 0.25) is 0 Å². The molecule has 2 aliphatic rings. The van der Waals surface area contributed by atoms with Crippen LogP contribution >= 0.6 is 0 Å². The van der Waals surface area contributed by atoms with Crippen LogP contribution in [0, 0.1) is 11.8 Å². The fourth-order valence-corrected chi connectivity index (χ4v) is 2.87. The van der Waals surface area contributed by atoms with E-state index < -0.39 is 0 Å². The quantitative estimate of drug-likeness (QED) is 0.782. The van der Waals surface area contributed by atoms with E-state index in [1.807, 2.05) is 31.2 Å². The Morgan fingerprint density at radius 3 is 2.80 bits per heavy atom. The lowest BCUT2D eigenvalue weighted by Crippen LogP contribution is -2.31. The predicted octanol–water partition coefficient (Wildman–Crippen LogP) is 1.42. The third kappa shape index (κ3) is 4.49. The van der Waals surface area contributed by atoms with Crippen LogP contribution in [0.4, 0.5) is 10.5 Å². The third-order valence-corrected chi connectivity index (χ3v) is 4.57. The highest BCUT2D eigenvalue weighted by atomic mass is 16.6. The van der Waals surface area contributed by atoms with E-state index in [2.05, 4.69) is 10.6 Å². The first-order chi connectivity index (χ1) is 12.0. The number of ether oxygens (including phenoxy) is 1. The molecular formula is C18H23N3O4. The molecule has 1 saturated carbocycles. The Bertz CT molecular complexity index is 676. The first-order valence-electron chi connectivity index (χ1n) is 8.62. The largest absolute Gasteiger partial charge is 0.447 e. The van der Waals surface area contributed by atoms with Crippen molar-refractivity contribution >= 4 is 23.6 Å². The van der Waals surface area contributed by atoms with E-state index in [4.69, 9.17) is 4.74 Å². The second kappa shape index (κ2) is 7.55. The molecule has 7 heteroatoms. The normalized spacial score (nSPS) is 21.6. The Morgan fingerprint density at radius 2 is 2.12 bits per heavy atom. The highest BCUT2D eigenvalue weighted by molar-refractivity contribution is 5.89. The maximum atomic E-state index is 11.9. The summed E-state index contributed by atoms with van der Waals surface area (Å²) in [6.07, 6.45) is 0.853. The van der Waals surface area contributed by atoms with Crippen molar-refractivity contribution in [3.05, 3.63) is 29.8 Å². The van der Waals surface area contributed by atoms with E-state index in [1.54, 1.807) is 4.90 Å². The minimum atomic E-state index is -0.345. The molecule has 25 heavy (non-hydrogen) atoms. The first-order valence-corrected chi connectivity index (χ1v) is 8.62. The van der Waals surface area contributed by atoms with Gasteiger partial charge in [0.25, 0.3) is 0 Å². The van der Waals surface area contributed by atoms with E-state index in [-0.39, 0.29) is 30.2 Å². The molecule has 1 heterocycles. The lowest BCUT2D eigenvalue weighted by molar-refractivity contribution is -0.123. The summed E-state index contributed by atoms with van der Waals surface area (Å²) < 4.78 is 4.93. The van der Waals surface area contributed by atoms with Crippen LogP contribution in [0.3, 0.4) is 0 Å². The Labute approximate surface area is 146 Å². The number of hydrogen-bond acceptors (Lipinski definition) is 4. The smallest absolute Gasteiger partial charge is 0.414 e. The van der Waals surface area contributed by atoms with Crippen LogP contribution < -0.4 is 15.5 Å². The van der Waals surface area contributed by atoms with Gasteiger partial charge in [0.15, 0.2) is 0 Å². The number of benzene rings is 1. The average Bonchev–Trinajstić information content (AvgIpc) is 3.18. The van der Waals surface area contributed by atoms with Gasteiger partial charge in [-0.1, -0.05) is 19.1 Å². The van der Waals surface area contributed by atoms with Crippen molar-refractivity contribution in [2.24, 2.45) is 11.8 Å². The van der Waals surface area contributed by atoms with Crippen LogP contribution in [0.15, 0.2) is 24.3 Å². The second-order valence-electron chi connectivity index (χ2n) is 6.57. The van der Waals surface area contributed by atoms with E-state index >= 15 is 0 Å². The van der Waals surface area contributed by atoms with Gasteiger partial charge < -0.3 is 15.4 Å². The fourth-order valence-electron chi connectivity index (χ4n) is 2.87. The molecule has 0 radical (unpaired) electrons. The molecule has 1 aromatic carbocycles. The minimum absolute atomic E-state index is 0.0468. The molecule has 1 aliphatic heterocycles. The van der Waals surface area contributed by atoms with Gasteiger partial charge in [0, 0.05) is 31.1 Å². The molecule has 3 amide bonds. The highest BCUT2D eigenvalue weighted by Crippen LogP contribution is 2.37. The van der Waals surface area contributed by atoms with Gasteiger partial charge in [-0.25, -0.2) is 4.79 Å². The summed E-state index contributed by atoms with van der Waals surface area (Å²) in [4.78, 5) is 36.7. The van der Waals surface area contributed by atoms with Gasteiger partial charge in [-0.15, -0.1) is 0 Å². The molecular weight excluding hydrogens is 322 g/mol. The maximum absolute atomic E-state index is 11.9. The maximum Gasteiger partial charge on any atom is 0.414 e. The molecule has 2 fully saturated rings. The van der Waals surface area contributed by atoms with Crippen LogP contribution in [0.25, 0.3) is 0 Å². The van der Waals surface area contributed by atoms with E-state index in [0.717, 1.165) is 17.7 Å². The Kier molecular flexibility index (Phi) is 5.21. The van der Waals surface area contributed by atoms with Crippen molar-refractivity contribution < 1.29 is 19.1 Å². The number of carbonyl (C=O) groups excluding carboxylic acids is 3. The Hall–Kier alpha value is -2.57. The monoisotopic (exact) mass is 345 g/mol. The summed E-state index contributed by atoms with van der Waals surface area (Å²) in [6.45, 7) is 3.71. The Balaban J connectivity index is 1.41. The summed E-state index contributed by atoms with van der Waals surface area (Å²) in [5.41, 5.74) is 1.67. The topological polar surface area (TPSA) is 87.7 Å². The van der Waals surface area contributed by atoms with Gasteiger partial charge in [-0.05, 0) is 30.0 Å². The zero-order chi connectivity index (χ0) is 17.8. The van der Waals surface area contributed by atoms with Crippen LogP contribution in [0.5, 0.6) is 0 Å².